The molecule has 0 fully saturated rings. The minimum Gasteiger partial charge on any atom is -0.466 e. The van der Waals surface area contributed by atoms with E-state index in [1.165, 1.54) is 42.1 Å². The molecule has 0 atom stereocenters. The van der Waals surface area contributed by atoms with Gasteiger partial charge in [-0.05, 0) is 44.6 Å². The Bertz CT molecular complexity index is 595. The molecule has 0 amide bonds. The summed E-state index contributed by atoms with van der Waals surface area (Å²) in [6.07, 6.45) is 16.2. The van der Waals surface area contributed by atoms with E-state index in [4.69, 9.17) is 4.74 Å². The van der Waals surface area contributed by atoms with Gasteiger partial charge in [-0.2, -0.15) is 0 Å². The van der Waals surface area contributed by atoms with E-state index in [1.54, 1.807) is 0 Å². The second-order valence-corrected chi connectivity index (χ2v) is 7.26. The van der Waals surface area contributed by atoms with E-state index in [0.717, 1.165) is 6.42 Å². The minimum atomic E-state index is -0.222. The van der Waals surface area contributed by atoms with Crippen molar-refractivity contribution in [2.75, 3.05) is 6.61 Å². The smallest absolute Gasteiger partial charge is 0.302 e. The van der Waals surface area contributed by atoms with Crippen molar-refractivity contribution in [3.8, 4) is 0 Å². The highest BCUT2D eigenvalue weighted by atomic mass is 16.5. The lowest BCUT2D eigenvalue weighted by Crippen LogP contribution is -2.18. The van der Waals surface area contributed by atoms with Crippen molar-refractivity contribution < 1.29 is 9.53 Å². The molecule has 0 saturated carbocycles. The number of hydrogen-bond donors (Lipinski definition) is 0. The van der Waals surface area contributed by atoms with E-state index in [0.29, 0.717) is 6.61 Å². The maximum atomic E-state index is 10.7. The first-order valence-corrected chi connectivity index (χ1v) is 8.76. The molecule has 0 aromatic carbocycles. The van der Waals surface area contributed by atoms with Crippen molar-refractivity contribution in [3.63, 3.8) is 0 Å². The molecule has 0 unspecified atom stereocenters. The minimum absolute atomic E-state index is 0.222. The first-order valence-electron chi connectivity index (χ1n) is 8.76. The average molecular weight is 328 g/mol. The molecule has 1 aliphatic rings. The number of hydrogen-bond acceptors (Lipinski definition) is 2. The molecule has 0 saturated heterocycles. The Kier molecular flexibility index (Phi) is 7.97. The molecule has 24 heavy (non-hydrogen) atoms. The molecule has 0 N–H and O–H groups in total. The van der Waals surface area contributed by atoms with Crippen molar-refractivity contribution in [1.82, 2.24) is 0 Å². The summed E-state index contributed by atoms with van der Waals surface area (Å²) < 4.78 is 4.95. The molecule has 2 heteroatoms. The topological polar surface area (TPSA) is 26.3 Å². The Morgan fingerprint density at radius 1 is 1.25 bits per heavy atom. The van der Waals surface area contributed by atoms with Crippen LogP contribution in [0.4, 0.5) is 0 Å². The molecule has 0 aromatic rings. The van der Waals surface area contributed by atoms with Crippen LogP contribution in [-0.2, 0) is 9.53 Å². The maximum Gasteiger partial charge on any atom is 0.302 e. The SMILES string of the molecule is CC(=O)OCC/C(C)=C/C=C/C(C)=C/C=C1\C(C)=CCCC1(C)C. The first kappa shape index (κ1) is 20.2. The fourth-order valence-electron chi connectivity index (χ4n) is 2.86. The van der Waals surface area contributed by atoms with Gasteiger partial charge in [-0.1, -0.05) is 67.0 Å². The molecule has 1 aliphatic carbocycles. The largest absolute Gasteiger partial charge is 0.466 e. The maximum absolute atomic E-state index is 10.7. The highest BCUT2D eigenvalue weighted by molar-refractivity contribution is 5.65. The van der Waals surface area contributed by atoms with Crippen molar-refractivity contribution in [2.45, 2.75) is 60.8 Å². The van der Waals surface area contributed by atoms with Crippen molar-refractivity contribution in [1.29, 1.82) is 0 Å². The van der Waals surface area contributed by atoms with Gasteiger partial charge in [-0.15, -0.1) is 0 Å². The molecule has 0 aromatic heterocycles. The quantitative estimate of drug-likeness (QED) is 0.436. The predicted molar refractivity (Wildman–Crippen MR) is 103 cm³/mol. The molecule has 0 aliphatic heterocycles. The van der Waals surface area contributed by atoms with Gasteiger partial charge in [0.2, 0.25) is 0 Å². The third kappa shape index (κ3) is 7.16. The van der Waals surface area contributed by atoms with Crippen LogP contribution in [0.25, 0.3) is 0 Å². The molecule has 0 heterocycles. The second-order valence-electron chi connectivity index (χ2n) is 7.26. The van der Waals surface area contributed by atoms with Gasteiger partial charge in [0.25, 0.3) is 0 Å². The van der Waals surface area contributed by atoms with Crippen LogP contribution in [-0.4, -0.2) is 12.6 Å². The highest BCUT2D eigenvalue weighted by Gasteiger charge is 2.26. The van der Waals surface area contributed by atoms with Crippen molar-refractivity contribution >= 4 is 5.97 Å². The Labute approximate surface area is 147 Å². The number of carbonyl (C=O) groups is 1. The molecular formula is C22H32O2. The van der Waals surface area contributed by atoms with Crippen LogP contribution >= 0.6 is 0 Å². The van der Waals surface area contributed by atoms with E-state index in [2.05, 4.69) is 64.2 Å². The monoisotopic (exact) mass is 328 g/mol. The van der Waals surface area contributed by atoms with Crippen molar-refractivity contribution in [3.05, 3.63) is 58.7 Å². The summed E-state index contributed by atoms with van der Waals surface area (Å²) in [7, 11) is 0. The van der Waals surface area contributed by atoms with Crippen LogP contribution in [0.15, 0.2) is 58.7 Å². The van der Waals surface area contributed by atoms with E-state index < -0.39 is 0 Å². The van der Waals surface area contributed by atoms with E-state index in [1.807, 2.05) is 6.92 Å². The van der Waals surface area contributed by atoms with Gasteiger partial charge < -0.3 is 4.74 Å². The summed E-state index contributed by atoms with van der Waals surface area (Å²) in [5, 5.41) is 0. The standard InChI is InChI=1S/C22H32O2/c1-17(9-7-10-18(2)14-16-24-20(4)23)12-13-21-19(3)11-8-15-22(21,5)6/h7,9-13H,8,14-16H2,1-6H3/b9-7+,17-12+,18-10+,21-13+. The molecular weight excluding hydrogens is 296 g/mol. The van der Waals surface area contributed by atoms with Crippen molar-refractivity contribution in [2.24, 2.45) is 5.41 Å². The fraction of sp³-hybridized carbons (Fsp3) is 0.500. The number of allylic oxidation sites excluding steroid dienone is 9. The van der Waals surface area contributed by atoms with Crippen LogP contribution < -0.4 is 0 Å². The molecule has 0 spiro atoms. The molecule has 2 nitrogen and oxygen atoms in total. The molecule has 132 valence electrons. The lowest BCUT2D eigenvalue weighted by molar-refractivity contribution is -0.140. The van der Waals surface area contributed by atoms with Crippen LogP contribution in [0.1, 0.15) is 60.8 Å². The van der Waals surface area contributed by atoms with Gasteiger partial charge in [0, 0.05) is 13.3 Å². The lowest BCUT2D eigenvalue weighted by atomic mass is 9.73. The molecule has 1 rings (SSSR count). The van der Waals surface area contributed by atoms with Gasteiger partial charge in [0.05, 0.1) is 6.61 Å². The summed E-state index contributed by atoms with van der Waals surface area (Å²) in [5.41, 5.74) is 5.52. The van der Waals surface area contributed by atoms with Gasteiger partial charge >= 0.3 is 5.97 Å². The lowest BCUT2D eigenvalue weighted by Gasteiger charge is -2.32. The summed E-state index contributed by atoms with van der Waals surface area (Å²) in [6, 6.07) is 0. The Balaban J connectivity index is 2.66. The van der Waals surface area contributed by atoms with E-state index in [9.17, 15) is 4.79 Å². The number of esters is 1. The van der Waals surface area contributed by atoms with E-state index in [-0.39, 0.29) is 11.4 Å². The van der Waals surface area contributed by atoms with Crippen LogP contribution in [0.2, 0.25) is 0 Å². The molecule has 0 radical (unpaired) electrons. The summed E-state index contributed by atoms with van der Waals surface area (Å²) in [4.78, 5) is 10.7. The highest BCUT2D eigenvalue weighted by Crippen LogP contribution is 2.40. The number of carbonyl (C=O) groups excluding carboxylic acids is 1. The Morgan fingerprint density at radius 2 is 1.96 bits per heavy atom. The van der Waals surface area contributed by atoms with Gasteiger partial charge in [-0.3, -0.25) is 4.79 Å². The Hall–Kier alpha value is -1.83. The summed E-state index contributed by atoms with van der Waals surface area (Å²) >= 11 is 0. The van der Waals surface area contributed by atoms with Gasteiger partial charge in [0.1, 0.15) is 0 Å². The van der Waals surface area contributed by atoms with Gasteiger partial charge in [-0.25, -0.2) is 0 Å². The number of rotatable bonds is 6. The summed E-state index contributed by atoms with van der Waals surface area (Å²) in [6.45, 7) is 12.9. The second kappa shape index (κ2) is 9.46. The Morgan fingerprint density at radius 3 is 2.58 bits per heavy atom. The normalized spacial score (nSPS) is 20.4. The van der Waals surface area contributed by atoms with Crippen LogP contribution in [0, 0.1) is 5.41 Å². The number of ether oxygens (including phenoxy) is 1. The van der Waals surface area contributed by atoms with Crippen LogP contribution in [0.3, 0.4) is 0 Å². The van der Waals surface area contributed by atoms with E-state index >= 15 is 0 Å². The predicted octanol–water partition coefficient (Wildman–Crippen LogP) is 6.08. The zero-order valence-corrected chi connectivity index (χ0v) is 16.1. The zero-order valence-electron chi connectivity index (χ0n) is 16.1. The first-order chi connectivity index (χ1) is 11.2. The van der Waals surface area contributed by atoms with Crippen LogP contribution in [0.5, 0.6) is 0 Å². The summed E-state index contributed by atoms with van der Waals surface area (Å²) in [5.74, 6) is -0.222. The van der Waals surface area contributed by atoms with Gasteiger partial charge in [0.15, 0.2) is 0 Å². The average Bonchev–Trinajstić information content (AvgIpc) is 2.45. The zero-order chi connectivity index (χ0) is 18.2. The third-order valence-corrected chi connectivity index (χ3v) is 4.43. The third-order valence-electron chi connectivity index (χ3n) is 4.43. The molecule has 0 bridgehead atoms. The fourth-order valence-corrected chi connectivity index (χ4v) is 2.86.